The summed E-state index contributed by atoms with van der Waals surface area (Å²) in [5.41, 5.74) is 2.33. The molecule has 0 radical (unpaired) electrons. The molecule has 2 heterocycles. The van der Waals surface area contributed by atoms with Crippen molar-refractivity contribution in [2.24, 2.45) is 12.0 Å². The van der Waals surface area contributed by atoms with E-state index >= 15 is 0 Å². The number of aryl methyl sites for hydroxylation is 1. The minimum absolute atomic E-state index is 0.284. The first-order valence-electron chi connectivity index (χ1n) is 9.66. The van der Waals surface area contributed by atoms with Crippen LogP contribution in [0.3, 0.4) is 0 Å². The SMILES string of the molecule is CCNC(=NCc1ccnn1C)NCC(c1cccc(Cl)c1)N1CCCC1. The lowest BCUT2D eigenvalue weighted by atomic mass is 10.1. The van der Waals surface area contributed by atoms with E-state index in [4.69, 9.17) is 16.6 Å². The van der Waals surface area contributed by atoms with Gasteiger partial charge in [-0.15, -0.1) is 0 Å². The number of hydrogen-bond acceptors (Lipinski definition) is 3. The van der Waals surface area contributed by atoms with Crippen LogP contribution in [0.2, 0.25) is 5.02 Å². The van der Waals surface area contributed by atoms with E-state index in [1.807, 2.05) is 29.9 Å². The summed E-state index contributed by atoms with van der Waals surface area (Å²) in [7, 11) is 1.94. The number of benzene rings is 1. The minimum atomic E-state index is 0.284. The van der Waals surface area contributed by atoms with Crippen molar-refractivity contribution in [3.05, 3.63) is 52.8 Å². The van der Waals surface area contributed by atoms with Crippen molar-refractivity contribution in [2.45, 2.75) is 32.4 Å². The standard InChI is InChI=1S/C20H29ClN6/c1-3-22-20(23-14-18-9-10-25-26(18)2)24-15-19(27-11-4-5-12-27)16-7-6-8-17(21)13-16/h6-10,13,19H,3-5,11-12,14-15H2,1-2H3,(H2,22,23,24). The number of hydrogen-bond donors (Lipinski definition) is 2. The summed E-state index contributed by atoms with van der Waals surface area (Å²) in [6, 6.07) is 10.5. The molecule has 1 saturated heterocycles. The molecule has 7 heteroatoms. The number of aliphatic imine (C=N–C) groups is 1. The van der Waals surface area contributed by atoms with E-state index in [1.165, 1.54) is 18.4 Å². The van der Waals surface area contributed by atoms with E-state index < -0.39 is 0 Å². The Morgan fingerprint density at radius 3 is 2.74 bits per heavy atom. The molecule has 2 N–H and O–H groups in total. The zero-order valence-electron chi connectivity index (χ0n) is 16.2. The van der Waals surface area contributed by atoms with E-state index in [1.54, 1.807) is 6.20 Å². The summed E-state index contributed by atoms with van der Waals surface area (Å²) in [6.07, 6.45) is 4.31. The van der Waals surface area contributed by atoms with Gasteiger partial charge in [0.15, 0.2) is 5.96 Å². The first kappa shape index (κ1) is 19.7. The van der Waals surface area contributed by atoms with Crippen molar-refractivity contribution in [1.29, 1.82) is 0 Å². The van der Waals surface area contributed by atoms with Crippen molar-refractivity contribution in [3.8, 4) is 0 Å². The van der Waals surface area contributed by atoms with E-state index in [2.05, 4.69) is 39.7 Å². The van der Waals surface area contributed by atoms with E-state index in [-0.39, 0.29) is 6.04 Å². The fourth-order valence-electron chi connectivity index (χ4n) is 3.48. The van der Waals surface area contributed by atoms with Gasteiger partial charge < -0.3 is 10.6 Å². The molecular formula is C20H29ClN6. The van der Waals surface area contributed by atoms with Crippen molar-refractivity contribution in [3.63, 3.8) is 0 Å². The van der Waals surface area contributed by atoms with Crippen molar-refractivity contribution >= 4 is 17.6 Å². The van der Waals surface area contributed by atoms with Crippen LogP contribution in [-0.4, -0.2) is 46.8 Å². The summed E-state index contributed by atoms with van der Waals surface area (Å²) >= 11 is 6.25. The summed E-state index contributed by atoms with van der Waals surface area (Å²) < 4.78 is 1.85. The van der Waals surface area contributed by atoms with Crippen LogP contribution in [0, 0.1) is 0 Å². The van der Waals surface area contributed by atoms with Crippen LogP contribution in [0.4, 0.5) is 0 Å². The average Bonchev–Trinajstić information content (AvgIpc) is 3.32. The van der Waals surface area contributed by atoms with Crippen LogP contribution in [0.15, 0.2) is 41.5 Å². The van der Waals surface area contributed by atoms with Crippen molar-refractivity contribution in [1.82, 2.24) is 25.3 Å². The molecule has 0 amide bonds. The largest absolute Gasteiger partial charge is 0.357 e. The Morgan fingerprint density at radius 1 is 1.26 bits per heavy atom. The molecule has 0 aliphatic carbocycles. The number of halogens is 1. The van der Waals surface area contributed by atoms with Gasteiger partial charge in [0.1, 0.15) is 0 Å². The highest BCUT2D eigenvalue weighted by molar-refractivity contribution is 6.30. The Morgan fingerprint density at radius 2 is 2.07 bits per heavy atom. The topological polar surface area (TPSA) is 57.5 Å². The lowest BCUT2D eigenvalue weighted by Crippen LogP contribution is -2.42. The maximum absolute atomic E-state index is 6.25. The average molecular weight is 389 g/mol. The fraction of sp³-hybridized carbons (Fsp3) is 0.500. The molecular weight excluding hydrogens is 360 g/mol. The zero-order chi connectivity index (χ0) is 19.1. The summed E-state index contributed by atoms with van der Waals surface area (Å²) in [5, 5.41) is 11.8. The highest BCUT2D eigenvalue weighted by Gasteiger charge is 2.23. The summed E-state index contributed by atoms with van der Waals surface area (Å²) in [6.45, 7) is 6.54. The van der Waals surface area contributed by atoms with Gasteiger partial charge in [-0.3, -0.25) is 9.58 Å². The van der Waals surface area contributed by atoms with Gasteiger partial charge in [-0.2, -0.15) is 5.10 Å². The second-order valence-electron chi connectivity index (χ2n) is 6.84. The molecule has 2 aromatic rings. The van der Waals surface area contributed by atoms with E-state index in [0.717, 1.165) is 42.9 Å². The summed E-state index contributed by atoms with van der Waals surface area (Å²) in [4.78, 5) is 7.25. The molecule has 6 nitrogen and oxygen atoms in total. The molecule has 1 aromatic carbocycles. The molecule has 1 aliphatic heterocycles. The Bertz CT molecular complexity index is 750. The van der Waals surface area contributed by atoms with Crippen LogP contribution in [0.5, 0.6) is 0 Å². The number of nitrogens with one attached hydrogen (secondary N) is 2. The second kappa shape index (κ2) is 9.76. The van der Waals surface area contributed by atoms with Gasteiger partial charge in [0.2, 0.25) is 0 Å². The van der Waals surface area contributed by atoms with Crippen LogP contribution in [0.25, 0.3) is 0 Å². The number of nitrogens with zero attached hydrogens (tertiary/aromatic N) is 4. The fourth-order valence-corrected chi connectivity index (χ4v) is 3.68. The number of guanidine groups is 1. The van der Waals surface area contributed by atoms with Gasteiger partial charge in [-0.1, -0.05) is 23.7 Å². The molecule has 1 aliphatic rings. The Balaban J connectivity index is 1.70. The van der Waals surface area contributed by atoms with E-state index in [0.29, 0.717) is 6.54 Å². The van der Waals surface area contributed by atoms with Crippen molar-refractivity contribution < 1.29 is 0 Å². The number of likely N-dealkylation sites (tertiary alicyclic amines) is 1. The highest BCUT2D eigenvalue weighted by atomic mass is 35.5. The minimum Gasteiger partial charge on any atom is -0.357 e. The smallest absolute Gasteiger partial charge is 0.191 e. The van der Waals surface area contributed by atoms with Gasteiger partial charge in [0.05, 0.1) is 18.3 Å². The second-order valence-corrected chi connectivity index (χ2v) is 7.27. The normalized spacial score (nSPS) is 16.5. The molecule has 27 heavy (non-hydrogen) atoms. The highest BCUT2D eigenvalue weighted by Crippen LogP contribution is 2.26. The third-order valence-corrected chi connectivity index (χ3v) is 5.18. The predicted molar refractivity (Wildman–Crippen MR) is 111 cm³/mol. The van der Waals surface area contributed by atoms with E-state index in [9.17, 15) is 0 Å². The van der Waals surface area contributed by atoms with Gasteiger partial charge in [0.25, 0.3) is 0 Å². The molecule has 0 saturated carbocycles. The quantitative estimate of drug-likeness (QED) is 0.565. The van der Waals surface area contributed by atoms with Crippen LogP contribution in [0.1, 0.15) is 37.1 Å². The number of aromatic nitrogens is 2. The molecule has 3 rings (SSSR count). The van der Waals surface area contributed by atoms with Gasteiger partial charge in [0, 0.05) is 31.4 Å². The molecule has 1 unspecified atom stereocenters. The Labute approximate surface area is 166 Å². The molecule has 0 spiro atoms. The number of rotatable bonds is 7. The molecule has 1 fully saturated rings. The molecule has 1 aromatic heterocycles. The van der Waals surface area contributed by atoms with Gasteiger partial charge in [-0.25, -0.2) is 4.99 Å². The monoisotopic (exact) mass is 388 g/mol. The van der Waals surface area contributed by atoms with Crippen LogP contribution in [-0.2, 0) is 13.6 Å². The maximum Gasteiger partial charge on any atom is 0.191 e. The molecule has 0 bridgehead atoms. The third-order valence-electron chi connectivity index (χ3n) is 4.94. The van der Waals surface area contributed by atoms with Gasteiger partial charge in [-0.05, 0) is 56.6 Å². The zero-order valence-corrected chi connectivity index (χ0v) is 16.9. The van der Waals surface area contributed by atoms with Gasteiger partial charge >= 0.3 is 0 Å². The lowest BCUT2D eigenvalue weighted by molar-refractivity contribution is 0.245. The molecule has 1 atom stereocenters. The van der Waals surface area contributed by atoms with Crippen molar-refractivity contribution in [2.75, 3.05) is 26.2 Å². The first-order chi connectivity index (χ1) is 13.2. The van der Waals surface area contributed by atoms with Crippen LogP contribution >= 0.6 is 11.6 Å². The van der Waals surface area contributed by atoms with Crippen LogP contribution < -0.4 is 10.6 Å². The molecule has 146 valence electrons. The lowest BCUT2D eigenvalue weighted by Gasteiger charge is -2.29. The third kappa shape index (κ3) is 5.47. The Kier molecular flexibility index (Phi) is 7.12. The Hall–Kier alpha value is -2.05. The predicted octanol–water partition coefficient (Wildman–Crippen LogP) is 2.97. The first-order valence-corrected chi connectivity index (χ1v) is 10.0. The maximum atomic E-state index is 6.25. The summed E-state index contributed by atoms with van der Waals surface area (Å²) in [5.74, 6) is 0.824.